The van der Waals surface area contributed by atoms with Gasteiger partial charge in [0.15, 0.2) is 0 Å². The Morgan fingerprint density at radius 1 is 1.10 bits per heavy atom. The third-order valence-corrected chi connectivity index (χ3v) is 4.69. The van der Waals surface area contributed by atoms with Crippen molar-refractivity contribution < 1.29 is 20.1 Å². The largest absolute Gasteiger partial charge is 0.507 e. The second kappa shape index (κ2) is 11.2. The van der Waals surface area contributed by atoms with Crippen molar-refractivity contribution >= 4 is 23.7 Å². The molecule has 2 rings (SSSR count). The lowest BCUT2D eigenvalue weighted by molar-refractivity contribution is -0.117. The summed E-state index contributed by atoms with van der Waals surface area (Å²) in [5, 5.41) is 32.5. The molecular weight excluding hydrogens is 380 g/mol. The van der Waals surface area contributed by atoms with E-state index < -0.39 is 11.9 Å². The van der Waals surface area contributed by atoms with E-state index in [0.29, 0.717) is 36.0 Å². The van der Waals surface area contributed by atoms with Crippen LogP contribution in [0.3, 0.4) is 0 Å². The Morgan fingerprint density at radius 3 is 2.50 bits per heavy atom. The Hall–Kier alpha value is -3.09. The zero-order valence-electron chi connectivity index (χ0n) is 17.4. The first-order valence-corrected chi connectivity index (χ1v) is 10.0. The van der Waals surface area contributed by atoms with Crippen molar-refractivity contribution in [2.24, 2.45) is 5.73 Å². The highest BCUT2D eigenvalue weighted by molar-refractivity contribution is 5.98. The standard InChI is InChI=1S/C24H30N2O4/c1-3-7-16-13-19(17-10-11-22(28)18(15-17)8-4-2)23(29)21(14-16)26-24(30)20(25)9-5-6-12-27/h3-4,7-8,10-11,13-15,20,27-29H,5-6,9,12,25H2,1-2H3,(H,26,30)/t20-/m0/s1. The summed E-state index contributed by atoms with van der Waals surface area (Å²) in [5.74, 6) is -0.327. The van der Waals surface area contributed by atoms with Gasteiger partial charge in [-0.05, 0) is 68.5 Å². The Morgan fingerprint density at radius 2 is 1.83 bits per heavy atom. The molecule has 0 saturated heterocycles. The van der Waals surface area contributed by atoms with Gasteiger partial charge in [0.05, 0.1) is 11.7 Å². The molecule has 0 radical (unpaired) electrons. The van der Waals surface area contributed by atoms with Crippen LogP contribution < -0.4 is 11.1 Å². The molecule has 6 nitrogen and oxygen atoms in total. The molecule has 2 aromatic rings. The summed E-state index contributed by atoms with van der Waals surface area (Å²) in [4.78, 5) is 12.5. The molecule has 0 heterocycles. The fourth-order valence-electron chi connectivity index (χ4n) is 3.13. The highest BCUT2D eigenvalue weighted by Gasteiger charge is 2.18. The number of aromatic hydroxyl groups is 2. The summed E-state index contributed by atoms with van der Waals surface area (Å²) in [6.45, 7) is 3.80. The number of carbonyl (C=O) groups excluding carboxylic acids is 1. The van der Waals surface area contributed by atoms with Crippen LogP contribution in [0.2, 0.25) is 0 Å². The van der Waals surface area contributed by atoms with Crippen LogP contribution in [0.5, 0.6) is 11.5 Å². The summed E-state index contributed by atoms with van der Waals surface area (Å²) in [6.07, 6.45) is 9.00. The number of unbranched alkanes of at least 4 members (excludes halogenated alkanes) is 1. The number of allylic oxidation sites excluding steroid dienone is 2. The molecule has 0 fully saturated rings. The smallest absolute Gasteiger partial charge is 0.241 e. The molecule has 6 heteroatoms. The van der Waals surface area contributed by atoms with E-state index in [2.05, 4.69) is 5.32 Å². The molecule has 0 saturated carbocycles. The molecule has 1 amide bonds. The van der Waals surface area contributed by atoms with Gasteiger partial charge in [-0.3, -0.25) is 4.79 Å². The van der Waals surface area contributed by atoms with Crippen molar-refractivity contribution in [1.82, 2.24) is 0 Å². The summed E-state index contributed by atoms with van der Waals surface area (Å²) in [6, 6.07) is 7.82. The van der Waals surface area contributed by atoms with Crippen molar-refractivity contribution in [3.8, 4) is 22.6 Å². The van der Waals surface area contributed by atoms with E-state index in [-0.39, 0.29) is 23.8 Å². The van der Waals surface area contributed by atoms with Gasteiger partial charge in [-0.25, -0.2) is 0 Å². The van der Waals surface area contributed by atoms with Crippen LogP contribution in [0.15, 0.2) is 42.5 Å². The summed E-state index contributed by atoms with van der Waals surface area (Å²) in [7, 11) is 0. The normalized spacial score (nSPS) is 12.5. The first kappa shape index (κ1) is 23.2. The number of hydrogen-bond acceptors (Lipinski definition) is 5. The van der Waals surface area contributed by atoms with Gasteiger partial charge in [0.2, 0.25) is 5.91 Å². The van der Waals surface area contributed by atoms with Gasteiger partial charge in [-0.1, -0.05) is 30.4 Å². The maximum absolute atomic E-state index is 12.5. The lowest BCUT2D eigenvalue weighted by Gasteiger charge is -2.16. The van der Waals surface area contributed by atoms with Crippen molar-refractivity contribution in [1.29, 1.82) is 0 Å². The number of rotatable bonds is 9. The highest BCUT2D eigenvalue weighted by Crippen LogP contribution is 2.39. The van der Waals surface area contributed by atoms with Crippen LogP contribution in [0, 0.1) is 0 Å². The molecule has 1 atom stereocenters. The average Bonchev–Trinajstić information content (AvgIpc) is 2.72. The number of aliphatic hydroxyl groups is 1. The van der Waals surface area contributed by atoms with E-state index in [1.165, 1.54) is 0 Å². The van der Waals surface area contributed by atoms with Crippen LogP contribution >= 0.6 is 0 Å². The van der Waals surface area contributed by atoms with Gasteiger partial charge >= 0.3 is 0 Å². The second-order valence-corrected chi connectivity index (χ2v) is 7.05. The average molecular weight is 411 g/mol. The minimum Gasteiger partial charge on any atom is -0.507 e. The fourth-order valence-corrected chi connectivity index (χ4v) is 3.13. The summed E-state index contributed by atoms with van der Waals surface area (Å²) < 4.78 is 0. The molecule has 0 unspecified atom stereocenters. The predicted octanol–water partition coefficient (Wildman–Crippen LogP) is 4.26. The van der Waals surface area contributed by atoms with Crippen LogP contribution in [-0.4, -0.2) is 33.9 Å². The molecule has 160 valence electrons. The van der Waals surface area contributed by atoms with Crippen molar-refractivity contribution in [3.05, 3.63) is 53.6 Å². The highest BCUT2D eigenvalue weighted by atomic mass is 16.3. The number of aliphatic hydroxyl groups excluding tert-OH is 1. The molecule has 0 spiro atoms. The lowest BCUT2D eigenvalue weighted by atomic mass is 9.97. The zero-order chi connectivity index (χ0) is 22.1. The van der Waals surface area contributed by atoms with Crippen molar-refractivity contribution in [2.45, 2.75) is 39.2 Å². The number of benzene rings is 2. The topological polar surface area (TPSA) is 116 Å². The van der Waals surface area contributed by atoms with Gasteiger partial charge in [-0.2, -0.15) is 0 Å². The third kappa shape index (κ3) is 5.95. The number of carbonyl (C=O) groups is 1. The van der Waals surface area contributed by atoms with Gasteiger partial charge < -0.3 is 26.4 Å². The number of hydrogen-bond donors (Lipinski definition) is 5. The molecule has 0 aromatic heterocycles. The second-order valence-electron chi connectivity index (χ2n) is 7.05. The summed E-state index contributed by atoms with van der Waals surface area (Å²) in [5.41, 5.74) is 8.87. The van der Waals surface area contributed by atoms with Crippen molar-refractivity contribution in [2.75, 3.05) is 11.9 Å². The van der Waals surface area contributed by atoms with Crippen LogP contribution in [0.4, 0.5) is 5.69 Å². The van der Waals surface area contributed by atoms with Gasteiger partial charge in [0.25, 0.3) is 0 Å². The SMILES string of the molecule is CC=Cc1cc(NC(=O)[C@@H](N)CCCCO)c(O)c(-c2ccc(O)c(C=CC)c2)c1. The number of nitrogens with one attached hydrogen (secondary N) is 1. The van der Waals surface area contributed by atoms with Gasteiger partial charge in [-0.15, -0.1) is 0 Å². The first-order valence-electron chi connectivity index (χ1n) is 10.0. The van der Waals surface area contributed by atoms with Crippen LogP contribution in [-0.2, 0) is 4.79 Å². The minimum absolute atomic E-state index is 0.0612. The molecule has 6 N–H and O–H groups in total. The molecule has 0 aliphatic rings. The number of phenolic OH excluding ortho intramolecular Hbond substituents is 2. The third-order valence-electron chi connectivity index (χ3n) is 4.69. The number of phenols is 2. The Bertz CT molecular complexity index is 935. The number of anilines is 1. The zero-order valence-corrected chi connectivity index (χ0v) is 17.4. The first-order chi connectivity index (χ1) is 14.4. The van der Waals surface area contributed by atoms with Gasteiger partial charge in [0.1, 0.15) is 11.5 Å². The number of amides is 1. The van der Waals surface area contributed by atoms with Crippen molar-refractivity contribution in [3.63, 3.8) is 0 Å². The fraction of sp³-hybridized carbons (Fsp3) is 0.292. The van der Waals surface area contributed by atoms with Gasteiger partial charge in [0, 0.05) is 17.7 Å². The Kier molecular flexibility index (Phi) is 8.65. The van der Waals surface area contributed by atoms with E-state index in [4.69, 9.17) is 10.8 Å². The molecule has 30 heavy (non-hydrogen) atoms. The van der Waals surface area contributed by atoms with Crippen LogP contribution in [0.1, 0.15) is 44.2 Å². The Labute approximate surface area is 177 Å². The molecule has 0 aliphatic carbocycles. The predicted molar refractivity (Wildman–Crippen MR) is 122 cm³/mol. The maximum atomic E-state index is 12.5. The Balaban J connectivity index is 2.42. The van der Waals surface area contributed by atoms with E-state index in [9.17, 15) is 15.0 Å². The minimum atomic E-state index is -0.736. The van der Waals surface area contributed by atoms with E-state index in [1.54, 1.807) is 30.3 Å². The molecular formula is C24H30N2O4. The molecule has 0 bridgehead atoms. The lowest BCUT2D eigenvalue weighted by Crippen LogP contribution is -2.35. The quantitative estimate of drug-likeness (QED) is 0.313. The van der Waals surface area contributed by atoms with E-state index in [0.717, 1.165) is 5.56 Å². The summed E-state index contributed by atoms with van der Waals surface area (Å²) >= 11 is 0. The van der Waals surface area contributed by atoms with E-state index in [1.807, 2.05) is 38.1 Å². The molecule has 2 aromatic carbocycles. The van der Waals surface area contributed by atoms with E-state index >= 15 is 0 Å². The monoisotopic (exact) mass is 410 g/mol. The van der Waals surface area contributed by atoms with Crippen LogP contribution in [0.25, 0.3) is 23.3 Å². The molecule has 0 aliphatic heterocycles. The number of nitrogens with two attached hydrogens (primary N) is 1. The maximum Gasteiger partial charge on any atom is 0.241 e.